The smallest absolute Gasteiger partial charge is 0.137 e. The first kappa shape index (κ1) is 13.7. The fraction of sp³-hybridized carbons (Fsp3) is 0.188. The molecule has 3 aromatic rings. The molecule has 1 N–H and O–H groups in total. The van der Waals surface area contributed by atoms with Crippen molar-refractivity contribution >= 4 is 5.65 Å². The Hall–Kier alpha value is -2.27. The number of aromatic nitrogens is 2. The number of rotatable bonds is 4. The summed E-state index contributed by atoms with van der Waals surface area (Å²) in [4.78, 5) is 4.44. The molecule has 0 saturated carbocycles. The minimum atomic E-state index is -0.537. The van der Waals surface area contributed by atoms with E-state index in [0.717, 1.165) is 11.3 Å². The maximum Gasteiger partial charge on any atom is 0.137 e. The molecule has 108 valence electrons. The van der Waals surface area contributed by atoms with Crippen LogP contribution in [0, 0.1) is 11.6 Å². The van der Waals surface area contributed by atoms with Crippen LogP contribution < -0.4 is 5.32 Å². The highest BCUT2D eigenvalue weighted by molar-refractivity contribution is 5.39. The van der Waals surface area contributed by atoms with Crippen molar-refractivity contribution in [1.29, 1.82) is 0 Å². The Morgan fingerprint density at radius 2 is 1.90 bits per heavy atom. The lowest BCUT2D eigenvalue weighted by molar-refractivity contribution is 0.486. The third-order valence-electron chi connectivity index (χ3n) is 3.44. The molecule has 0 amide bonds. The van der Waals surface area contributed by atoms with E-state index < -0.39 is 17.7 Å². The van der Waals surface area contributed by atoms with E-state index in [-0.39, 0.29) is 5.56 Å². The molecule has 2 aromatic heterocycles. The van der Waals surface area contributed by atoms with Crippen LogP contribution in [0.4, 0.5) is 8.78 Å². The molecule has 1 atom stereocenters. The van der Waals surface area contributed by atoms with Crippen LogP contribution in [0.25, 0.3) is 5.65 Å². The highest BCUT2D eigenvalue weighted by Gasteiger charge is 2.15. The highest BCUT2D eigenvalue weighted by atomic mass is 19.1. The molecular weight excluding hydrogens is 272 g/mol. The molecule has 21 heavy (non-hydrogen) atoms. The van der Waals surface area contributed by atoms with Crippen LogP contribution in [0.1, 0.15) is 24.2 Å². The van der Waals surface area contributed by atoms with Gasteiger partial charge in [0.25, 0.3) is 0 Å². The number of imidazole rings is 1. The van der Waals surface area contributed by atoms with E-state index in [1.807, 2.05) is 35.0 Å². The molecule has 5 heteroatoms. The normalized spacial score (nSPS) is 12.7. The fourth-order valence-electron chi connectivity index (χ4n) is 2.36. The summed E-state index contributed by atoms with van der Waals surface area (Å²) < 4.78 is 29.3. The van der Waals surface area contributed by atoms with Gasteiger partial charge in [0.1, 0.15) is 17.3 Å². The minimum Gasteiger partial charge on any atom is -0.307 e. The molecule has 1 unspecified atom stereocenters. The van der Waals surface area contributed by atoms with Crippen LogP contribution in [0.2, 0.25) is 0 Å². The van der Waals surface area contributed by atoms with E-state index in [9.17, 15) is 8.78 Å². The number of benzene rings is 1. The van der Waals surface area contributed by atoms with Crippen LogP contribution in [0.3, 0.4) is 0 Å². The van der Waals surface area contributed by atoms with Crippen molar-refractivity contribution in [3.63, 3.8) is 0 Å². The zero-order valence-corrected chi connectivity index (χ0v) is 11.6. The molecule has 0 fully saturated rings. The zero-order valence-electron chi connectivity index (χ0n) is 11.6. The van der Waals surface area contributed by atoms with Crippen molar-refractivity contribution in [2.75, 3.05) is 0 Å². The number of nitrogens with one attached hydrogen (secondary N) is 1. The topological polar surface area (TPSA) is 29.3 Å². The number of fused-ring (bicyclic) bond motifs is 1. The van der Waals surface area contributed by atoms with Gasteiger partial charge in [-0.3, -0.25) is 0 Å². The van der Waals surface area contributed by atoms with Crippen molar-refractivity contribution in [2.45, 2.75) is 19.5 Å². The quantitative estimate of drug-likeness (QED) is 0.796. The van der Waals surface area contributed by atoms with Gasteiger partial charge in [0, 0.05) is 30.5 Å². The van der Waals surface area contributed by atoms with Gasteiger partial charge in [-0.15, -0.1) is 0 Å². The summed E-state index contributed by atoms with van der Waals surface area (Å²) in [6.07, 6.45) is 3.80. The molecule has 1 aromatic carbocycles. The highest BCUT2D eigenvalue weighted by Crippen LogP contribution is 2.20. The predicted octanol–water partition coefficient (Wildman–Crippen LogP) is 3.46. The van der Waals surface area contributed by atoms with E-state index in [4.69, 9.17) is 0 Å². The van der Waals surface area contributed by atoms with Gasteiger partial charge in [0.2, 0.25) is 0 Å². The summed E-state index contributed by atoms with van der Waals surface area (Å²) in [6, 6.07) is 9.20. The lowest BCUT2D eigenvalue weighted by Gasteiger charge is -2.14. The molecular formula is C16H15F2N3. The number of hydrogen-bond acceptors (Lipinski definition) is 2. The van der Waals surface area contributed by atoms with Gasteiger partial charge in [-0.1, -0.05) is 12.1 Å². The molecule has 0 bridgehead atoms. The van der Waals surface area contributed by atoms with Gasteiger partial charge in [-0.2, -0.15) is 0 Å². The fourth-order valence-corrected chi connectivity index (χ4v) is 2.36. The molecule has 0 spiro atoms. The van der Waals surface area contributed by atoms with E-state index in [0.29, 0.717) is 6.54 Å². The van der Waals surface area contributed by atoms with Crippen LogP contribution in [0.15, 0.2) is 48.8 Å². The van der Waals surface area contributed by atoms with Crippen LogP contribution in [0.5, 0.6) is 0 Å². The number of nitrogens with zero attached hydrogens (tertiary/aromatic N) is 2. The van der Waals surface area contributed by atoms with Gasteiger partial charge in [0.05, 0.1) is 5.69 Å². The summed E-state index contributed by atoms with van der Waals surface area (Å²) in [5, 5.41) is 3.10. The van der Waals surface area contributed by atoms with Crippen LogP contribution >= 0.6 is 0 Å². The first-order valence-corrected chi connectivity index (χ1v) is 6.75. The largest absolute Gasteiger partial charge is 0.307 e. The Labute approximate surface area is 121 Å². The van der Waals surface area contributed by atoms with Gasteiger partial charge < -0.3 is 9.72 Å². The Morgan fingerprint density at radius 3 is 2.62 bits per heavy atom. The summed E-state index contributed by atoms with van der Waals surface area (Å²) in [5.41, 5.74) is 1.73. The van der Waals surface area contributed by atoms with Crippen molar-refractivity contribution in [3.05, 3.63) is 71.7 Å². The Kier molecular flexibility index (Phi) is 3.66. The third-order valence-corrected chi connectivity index (χ3v) is 3.44. The standard InChI is InChI=1S/C16H15F2N3/c1-11(16-13(17)5-4-6-14(16)18)19-9-12-10-21-8-3-2-7-15(21)20-12/h2-8,10-11,19H,9H2,1H3. The van der Waals surface area contributed by atoms with Gasteiger partial charge in [-0.25, -0.2) is 13.8 Å². The molecule has 3 nitrogen and oxygen atoms in total. The van der Waals surface area contributed by atoms with Crippen molar-refractivity contribution < 1.29 is 8.78 Å². The maximum absolute atomic E-state index is 13.7. The first-order valence-electron chi connectivity index (χ1n) is 6.75. The van der Waals surface area contributed by atoms with Gasteiger partial charge in [-0.05, 0) is 31.2 Å². The van der Waals surface area contributed by atoms with E-state index >= 15 is 0 Å². The van der Waals surface area contributed by atoms with Crippen molar-refractivity contribution in [3.8, 4) is 0 Å². The Bertz CT molecular complexity index is 714. The van der Waals surface area contributed by atoms with Crippen molar-refractivity contribution in [2.24, 2.45) is 0 Å². The first-order chi connectivity index (χ1) is 10.1. The molecule has 0 aliphatic rings. The van der Waals surface area contributed by atoms with E-state index in [2.05, 4.69) is 10.3 Å². The summed E-state index contributed by atoms with van der Waals surface area (Å²) in [6.45, 7) is 2.17. The zero-order chi connectivity index (χ0) is 14.8. The number of hydrogen-bond donors (Lipinski definition) is 1. The van der Waals surface area contributed by atoms with Crippen LogP contribution in [-0.4, -0.2) is 9.38 Å². The molecule has 3 rings (SSSR count). The third kappa shape index (κ3) is 2.78. The second-order valence-electron chi connectivity index (χ2n) is 4.94. The number of pyridine rings is 1. The molecule has 0 aliphatic carbocycles. The average molecular weight is 287 g/mol. The van der Waals surface area contributed by atoms with Gasteiger partial charge >= 0.3 is 0 Å². The Morgan fingerprint density at radius 1 is 1.14 bits per heavy atom. The number of halogens is 2. The SMILES string of the molecule is CC(NCc1cn2ccccc2n1)c1c(F)cccc1F. The lowest BCUT2D eigenvalue weighted by atomic mass is 10.1. The van der Waals surface area contributed by atoms with E-state index in [1.165, 1.54) is 18.2 Å². The van der Waals surface area contributed by atoms with Crippen molar-refractivity contribution in [1.82, 2.24) is 14.7 Å². The lowest BCUT2D eigenvalue weighted by Crippen LogP contribution is -2.20. The second-order valence-corrected chi connectivity index (χ2v) is 4.94. The monoisotopic (exact) mass is 287 g/mol. The maximum atomic E-state index is 13.7. The summed E-state index contributed by atoms with van der Waals surface area (Å²) in [5.74, 6) is -1.07. The molecule has 0 aliphatic heterocycles. The second kappa shape index (κ2) is 5.61. The molecule has 0 saturated heterocycles. The Balaban J connectivity index is 1.75. The summed E-state index contributed by atoms with van der Waals surface area (Å²) in [7, 11) is 0. The van der Waals surface area contributed by atoms with Gasteiger partial charge in [0.15, 0.2) is 0 Å². The minimum absolute atomic E-state index is 0.0567. The van der Waals surface area contributed by atoms with E-state index in [1.54, 1.807) is 6.92 Å². The summed E-state index contributed by atoms with van der Waals surface area (Å²) >= 11 is 0. The predicted molar refractivity (Wildman–Crippen MR) is 76.8 cm³/mol. The molecule has 2 heterocycles. The molecule has 0 radical (unpaired) electrons. The van der Waals surface area contributed by atoms with Crippen LogP contribution in [-0.2, 0) is 6.54 Å². The average Bonchev–Trinajstić information content (AvgIpc) is 2.87.